The lowest BCUT2D eigenvalue weighted by Gasteiger charge is -2.34. The van der Waals surface area contributed by atoms with Crippen molar-refractivity contribution in [3.63, 3.8) is 0 Å². The second-order valence-electron chi connectivity index (χ2n) is 4.90. The Labute approximate surface area is 115 Å². The third-order valence-corrected chi connectivity index (χ3v) is 3.65. The zero-order chi connectivity index (χ0) is 14.1. The minimum Gasteiger partial charge on any atom is -0.411 e. The molecule has 20 heavy (non-hydrogen) atoms. The van der Waals surface area contributed by atoms with Crippen LogP contribution in [-0.2, 0) is 0 Å². The van der Waals surface area contributed by atoms with E-state index in [0.29, 0.717) is 25.2 Å². The quantitative estimate of drug-likeness (QED) is 0.585. The van der Waals surface area contributed by atoms with Crippen LogP contribution in [0.1, 0.15) is 6.42 Å². The fourth-order valence-corrected chi connectivity index (χ4v) is 2.62. The predicted molar refractivity (Wildman–Crippen MR) is 78.0 cm³/mol. The number of nitrogens with zero attached hydrogens (tertiary/aromatic N) is 3. The Hall–Kier alpha value is -2.34. The second kappa shape index (κ2) is 4.97. The fourth-order valence-electron chi connectivity index (χ4n) is 2.62. The Kier molecular flexibility index (Phi) is 3.15. The summed E-state index contributed by atoms with van der Waals surface area (Å²) in [6, 6.07) is 10.7. The molecule has 1 aliphatic rings. The van der Waals surface area contributed by atoms with Gasteiger partial charge in [0.25, 0.3) is 5.56 Å². The molecule has 0 radical (unpaired) electrons. The van der Waals surface area contributed by atoms with Gasteiger partial charge in [-0.05, 0) is 12.1 Å². The number of para-hydroxylation sites is 1. The number of rotatable bonds is 1. The van der Waals surface area contributed by atoms with Crippen LogP contribution < -0.4 is 16.3 Å². The van der Waals surface area contributed by atoms with Crippen LogP contribution in [0.15, 0.2) is 46.3 Å². The average molecular weight is 272 g/mol. The molecule has 1 atom stereocenters. The van der Waals surface area contributed by atoms with Gasteiger partial charge in [0.15, 0.2) is 0 Å². The highest BCUT2D eigenvalue weighted by Gasteiger charge is 2.24. The summed E-state index contributed by atoms with van der Waals surface area (Å²) in [6.45, 7) is 1.05. The van der Waals surface area contributed by atoms with E-state index in [1.54, 1.807) is 10.7 Å². The first-order chi connectivity index (χ1) is 9.70. The minimum atomic E-state index is -0.361. The summed E-state index contributed by atoms with van der Waals surface area (Å²) in [6.07, 6.45) is 0.549. The first-order valence-corrected chi connectivity index (χ1v) is 6.53. The number of benzene rings is 1. The summed E-state index contributed by atoms with van der Waals surface area (Å²) in [5.74, 6) is 0. The molecule has 6 nitrogen and oxygen atoms in total. The van der Waals surface area contributed by atoms with Crippen LogP contribution in [0.4, 0.5) is 0 Å². The Balaban J connectivity index is 2.07. The summed E-state index contributed by atoms with van der Waals surface area (Å²) in [4.78, 5) is 12.2. The highest BCUT2D eigenvalue weighted by molar-refractivity contribution is 5.90. The number of aromatic nitrogens is 1. The van der Waals surface area contributed by atoms with Crippen LogP contribution in [0, 0.1) is 0 Å². The fraction of sp³-hybridized carbons (Fsp3) is 0.286. The van der Waals surface area contributed by atoms with Crippen LogP contribution in [-0.4, -0.2) is 34.7 Å². The summed E-state index contributed by atoms with van der Waals surface area (Å²) in [5.41, 5.74) is 7.32. The van der Waals surface area contributed by atoms with Crippen molar-refractivity contribution < 1.29 is 5.21 Å². The molecule has 0 bridgehead atoms. The summed E-state index contributed by atoms with van der Waals surface area (Å²) < 4.78 is 1.66. The van der Waals surface area contributed by atoms with Crippen LogP contribution >= 0.6 is 0 Å². The van der Waals surface area contributed by atoms with Crippen molar-refractivity contribution in [1.29, 1.82) is 0 Å². The zero-order valence-corrected chi connectivity index (χ0v) is 10.9. The summed E-state index contributed by atoms with van der Waals surface area (Å²) in [5, 5.41) is 15.0. The molecule has 0 saturated carbocycles. The number of hydrogen-bond donors (Lipinski definition) is 2. The average Bonchev–Trinajstić information content (AvgIpc) is 2.47. The molecular weight excluding hydrogens is 256 g/mol. The molecule has 104 valence electrons. The highest BCUT2D eigenvalue weighted by atomic mass is 16.4. The molecular formula is C14H16N4O2. The maximum absolute atomic E-state index is 12.2. The number of pyridine rings is 1. The normalized spacial score (nSPS) is 21.6. The van der Waals surface area contributed by atoms with Crippen LogP contribution in [0.3, 0.4) is 0 Å². The van der Waals surface area contributed by atoms with Gasteiger partial charge in [0.05, 0.1) is 23.8 Å². The zero-order valence-electron chi connectivity index (χ0n) is 10.9. The van der Waals surface area contributed by atoms with Gasteiger partial charge >= 0.3 is 0 Å². The van der Waals surface area contributed by atoms with Gasteiger partial charge in [-0.2, -0.15) is 0 Å². The van der Waals surface area contributed by atoms with Gasteiger partial charge in [0, 0.05) is 24.4 Å². The van der Waals surface area contributed by atoms with E-state index < -0.39 is 0 Å². The molecule has 2 heterocycles. The van der Waals surface area contributed by atoms with Crippen LogP contribution in [0.5, 0.6) is 0 Å². The molecule has 1 fully saturated rings. The van der Waals surface area contributed by atoms with Gasteiger partial charge in [-0.25, -0.2) is 4.68 Å². The van der Waals surface area contributed by atoms with Crippen LogP contribution in [0.25, 0.3) is 10.9 Å². The van der Waals surface area contributed by atoms with Crippen molar-refractivity contribution >= 4 is 16.6 Å². The maximum Gasteiger partial charge on any atom is 0.269 e. The molecule has 3 N–H and O–H groups in total. The lowest BCUT2D eigenvalue weighted by molar-refractivity contribution is 0.313. The highest BCUT2D eigenvalue weighted by Crippen LogP contribution is 2.13. The van der Waals surface area contributed by atoms with E-state index in [2.05, 4.69) is 5.16 Å². The van der Waals surface area contributed by atoms with Gasteiger partial charge in [-0.3, -0.25) is 4.79 Å². The smallest absolute Gasteiger partial charge is 0.269 e. The van der Waals surface area contributed by atoms with Crippen molar-refractivity contribution in [2.24, 2.45) is 10.9 Å². The van der Waals surface area contributed by atoms with E-state index in [1.807, 2.05) is 35.3 Å². The number of oxime groups is 1. The predicted octanol–water partition coefficient (Wildman–Crippen LogP) is 0.501. The molecule has 1 saturated heterocycles. The molecule has 1 unspecified atom stereocenters. The van der Waals surface area contributed by atoms with Crippen molar-refractivity contribution in [3.8, 4) is 0 Å². The number of nitrogens with two attached hydrogens (primary N) is 1. The van der Waals surface area contributed by atoms with Gasteiger partial charge in [0.2, 0.25) is 0 Å². The monoisotopic (exact) mass is 272 g/mol. The lowest BCUT2D eigenvalue weighted by Crippen LogP contribution is -2.55. The number of piperidine rings is 1. The van der Waals surface area contributed by atoms with Crippen LogP contribution in [0.2, 0.25) is 0 Å². The summed E-state index contributed by atoms with van der Waals surface area (Å²) >= 11 is 0. The molecule has 1 aromatic heterocycles. The number of fused-ring (bicyclic) bond motifs is 1. The Bertz CT molecular complexity index is 722. The topological polar surface area (TPSA) is 83.8 Å². The first-order valence-electron chi connectivity index (χ1n) is 6.53. The Morgan fingerprint density at radius 2 is 2.05 bits per heavy atom. The lowest BCUT2D eigenvalue weighted by atomic mass is 10.1. The van der Waals surface area contributed by atoms with Crippen molar-refractivity contribution in [3.05, 3.63) is 46.8 Å². The first kappa shape index (κ1) is 12.7. The second-order valence-corrected chi connectivity index (χ2v) is 4.90. The molecule has 1 aromatic carbocycles. The molecule has 6 heteroatoms. The van der Waals surface area contributed by atoms with E-state index in [9.17, 15) is 4.79 Å². The van der Waals surface area contributed by atoms with Gasteiger partial charge in [-0.15, -0.1) is 0 Å². The SMILES string of the molecule is NC1CN(n2c(=O)ccc3ccccc32)CCC1=NO. The molecule has 0 amide bonds. The largest absolute Gasteiger partial charge is 0.411 e. The van der Waals surface area contributed by atoms with Gasteiger partial charge < -0.3 is 15.9 Å². The van der Waals surface area contributed by atoms with E-state index >= 15 is 0 Å². The summed E-state index contributed by atoms with van der Waals surface area (Å²) in [7, 11) is 0. The Morgan fingerprint density at radius 3 is 2.80 bits per heavy atom. The minimum absolute atomic E-state index is 0.0831. The third-order valence-electron chi connectivity index (χ3n) is 3.65. The molecule has 2 aromatic rings. The van der Waals surface area contributed by atoms with E-state index in [0.717, 1.165) is 10.9 Å². The Morgan fingerprint density at radius 1 is 1.25 bits per heavy atom. The van der Waals surface area contributed by atoms with Crippen molar-refractivity contribution in [2.45, 2.75) is 12.5 Å². The third kappa shape index (κ3) is 2.04. The molecule has 1 aliphatic heterocycles. The van der Waals surface area contributed by atoms with Gasteiger partial charge in [0.1, 0.15) is 0 Å². The molecule has 0 spiro atoms. The standard InChI is InChI=1S/C14H16N4O2/c15-11-9-17(8-7-12(11)16-20)18-13-4-2-1-3-10(13)5-6-14(18)19/h1-6,11,20H,7-9,15H2. The maximum atomic E-state index is 12.2. The molecule has 0 aliphatic carbocycles. The van der Waals surface area contributed by atoms with E-state index in [4.69, 9.17) is 10.9 Å². The molecule has 3 rings (SSSR count). The van der Waals surface area contributed by atoms with Gasteiger partial charge in [-0.1, -0.05) is 23.4 Å². The van der Waals surface area contributed by atoms with E-state index in [1.165, 1.54) is 0 Å². The van der Waals surface area contributed by atoms with Crippen molar-refractivity contribution in [1.82, 2.24) is 4.68 Å². The van der Waals surface area contributed by atoms with Crippen molar-refractivity contribution in [2.75, 3.05) is 18.1 Å². The van der Waals surface area contributed by atoms with E-state index in [-0.39, 0.29) is 11.6 Å². The number of hydrogen-bond acceptors (Lipinski definition) is 5.